The first kappa shape index (κ1) is 17.5. The van der Waals surface area contributed by atoms with E-state index in [2.05, 4.69) is 20.4 Å². The highest BCUT2D eigenvalue weighted by molar-refractivity contribution is 5.90. The van der Waals surface area contributed by atoms with E-state index in [0.717, 1.165) is 24.1 Å². The van der Waals surface area contributed by atoms with E-state index in [0.29, 0.717) is 25.5 Å². The Labute approximate surface area is 155 Å². The minimum atomic E-state index is -0.354. The molecule has 1 aliphatic heterocycles. The van der Waals surface area contributed by atoms with Gasteiger partial charge in [0.15, 0.2) is 0 Å². The molecule has 0 atom stereocenters. The number of aromatic nitrogens is 4. The molecule has 3 aromatic rings. The number of benzene rings is 1. The summed E-state index contributed by atoms with van der Waals surface area (Å²) in [6.07, 6.45) is 3.13. The maximum atomic E-state index is 13.3. The lowest BCUT2D eigenvalue weighted by Crippen LogP contribution is -2.44. The van der Waals surface area contributed by atoms with Crippen molar-refractivity contribution in [3.8, 4) is 0 Å². The molecule has 0 radical (unpaired) electrons. The van der Waals surface area contributed by atoms with Crippen LogP contribution >= 0.6 is 0 Å². The molecule has 8 heteroatoms. The zero-order chi connectivity index (χ0) is 18.9. The number of ether oxygens (including phenoxy) is 1. The van der Waals surface area contributed by atoms with Gasteiger partial charge in [-0.15, -0.1) is 5.10 Å². The third-order valence-electron chi connectivity index (χ3n) is 5.13. The summed E-state index contributed by atoms with van der Waals surface area (Å²) in [6.45, 7) is 3.48. The van der Waals surface area contributed by atoms with Crippen LogP contribution in [-0.2, 0) is 10.2 Å². The van der Waals surface area contributed by atoms with Crippen LogP contribution in [0.15, 0.2) is 36.5 Å². The second kappa shape index (κ2) is 7.03. The highest BCUT2D eigenvalue weighted by atomic mass is 19.1. The number of hydrogen-bond acceptors (Lipinski definition) is 5. The summed E-state index contributed by atoms with van der Waals surface area (Å²) in [4.78, 5) is 20.9. The van der Waals surface area contributed by atoms with E-state index in [1.807, 2.05) is 6.92 Å². The Bertz CT molecular complexity index is 964. The zero-order valence-electron chi connectivity index (χ0n) is 15.0. The van der Waals surface area contributed by atoms with Crippen LogP contribution < -0.4 is 5.32 Å². The zero-order valence-corrected chi connectivity index (χ0v) is 15.0. The molecular formula is C19H20FN5O2. The molecule has 4 rings (SSSR count). The number of nitrogens with one attached hydrogen (secondary N) is 1. The Kier molecular flexibility index (Phi) is 4.57. The molecule has 0 saturated carbocycles. The van der Waals surface area contributed by atoms with Crippen molar-refractivity contribution in [1.29, 1.82) is 0 Å². The van der Waals surface area contributed by atoms with Gasteiger partial charge in [-0.3, -0.25) is 4.79 Å². The van der Waals surface area contributed by atoms with Crippen molar-refractivity contribution in [2.24, 2.45) is 0 Å². The summed E-state index contributed by atoms with van der Waals surface area (Å²) in [5, 5.41) is 7.19. The Morgan fingerprint density at radius 3 is 2.70 bits per heavy atom. The minimum absolute atomic E-state index is 0.0816. The second-order valence-corrected chi connectivity index (χ2v) is 6.82. The smallest absolute Gasteiger partial charge is 0.291 e. The number of rotatable bonds is 4. The molecule has 1 saturated heterocycles. The number of carbonyl (C=O) groups is 1. The van der Waals surface area contributed by atoms with E-state index in [4.69, 9.17) is 4.74 Å². The number of aryl methyl sites for hydroxylation is 1. The molecule has 7 nitrogen and oxygen atoms in total. The number of amides is 1. The van der Waals surface area contributed by atoms with Crippen molar-refractivity contribution in [3.63, 3.8) is 0 Å². The number of halogens is 1. The molecule has 1 aliphatic rings. The van der Waals surface area contributed by atoms with Gasteiger partial charge >= 0.3 is 0 Å². The third kappa shape index (κ3) is 3.40. The van der Waals surface area contributed by atoms with Crippen molar-refractivity contribution in [2.45, 2.75) is 25.2 Å². The van der Waals surface area contributed by atoms with Gasteiger partial charge < -0.3 is 10.1 Å². The van der Waals surface area contributed by atoms with Crippen LogP contribution in [0.2, 0.25) is 0 Å². The summed E-state index contributed by atoms with van der Waals surface area (Å²) in [6, 6.07) is 8.26. The second-order valence-electron chi connectivity index (χ2n) is 6.82. The highest BCUT2D eigenvalue weighted by Crippen LogP contribution is 2.34. The molecule has 140 valence electrons. The molecule has 27 heavy (non-hydrogen) atoms. The summed E-state index contributed by atoms with van der Waals surface area (Å²) >= 11 is 0. The average Bonchev–Trinajstić information content (AvgIpc) is 3.13. The van der Waals surface area contributed by atoms with Gasteiger partial charge in [0.1, 0.15) is 5.82 Å². The highest BCUT2D eigenvalue weighted by Gasteiger charge is 2.35. The van der Waals surface area contributed by atoms with Crippen molar-refractivity contribution in [3.05, 3.63) is 59.4 Å². The minimum Gasteiger partial charge on any atom is -0.381 e. The van der Waals surface area contributed by atoms with Crippen LogP contribution in [-0.4, -0.2) is 45.2 Å². The monoisotopic (exact) mass is 369 g/mol. The normalized spacial score (nSPS) is 16.4. The third-order valence-corrected chi connectivity index (χ3v) is 5.13. The van der Waals surface area contributed by atoms with Crippen LogP contribution in [0.3, 0.4) is 0 Å². The summed E-state index contributed by atoms with van der Waals surface area (Å²) in [5.41, 5.74) is 1.54. The number of fused-ring (bicyclic) bond motifs is 1. The van der Waals surface area contributed by atoms with Gasteiger partial charge in [-0.05, 0) is 43.5 Å². The molecule has 1 N–H and O–H groups in total. The van der Waals surface area contributed by atoms with E-state index < -0.39 is 0 Å². The first-order chi connectivity index (χ1) is 13.1. The maximum Gasteiger partial charge on any atom is 0.291 e. The van der Waals surface area contributed by atoms with Gasteiger partial charge in [0, 0.05) is 37.1 Å². The topological polar surface area (TPSA) is 81.4 Å². The van der Waals surface area contributed by atoms with Crippen molar-refractivity contribution in [2.75, 3.05) is 19.8 Å². The molecule has 1 aromatic carbocycles. The van der Waals surface area contributed by atoms with Gasteiger partial charge in [-0.2, -0.15) is 4.98 Å². The molecule has 1 fully saturated rings. The number of hydrogen-bond donors (Lipinski definition) is 1. The molecule has 0 bridgehead atoms. The first-order valence-corrected chi connectivity index (χ1v) is 8.88. The van der Waals surface area contributed by atoms with Crippen molar-refractivity contribution >= 4 is 11.7 Å². The predicted molar refractivity (Wildman–Crippen MR) is 96.0 cm³/mol. The summed E-state index contributed by atoms with van der Waals surface area (Å²) in [5.74, 6) is -0.160. The lowest BCUT2D eigenvalue weighted by atomic mass is 9.74. The van der Waals surface area contributed by atoms with Crippen LogP contribution in [0.5, 0.6) is 0 Å². The van der Waals surface area contributed by atoms with Crippen LogP contribution in [0.1, 0.15) is 34.7 Å². The van der Waals surface area contributed by atoms with Crippen LogP contribution in [0.25, 0.3) is 5.78 Å². The fourth-order valence-electron chi connectivity index (χ4n) is 3.46. The van der Waals surface area contributed by atoms with Gasteiger partial charge in [0.05, 0.1) is 0 Å². The Balaban J connectivity index is 1.55. The van der Waals surface area contributed by atoms with Crippen LogP contribution in [0.4, 0.5) is 4.39 Å². The van der Waals surface area contributed by atoms with Gasteiger partial charge in [-0.25, -0.2) is 13.9 Å². The van der Waals surface area contributed by atoms with E-state index in [1.165, 1.54) is 12.1 Å². The standard InChI is InChI=1S/C19H20FN5O2/c1-13-6-9-21-18-23-16(24-25(13)18)17(26)22-12-19(7-10-27-11-8-19)14-2-4-15(20)5-3-14/h2-6,9H,7-8,10-12H2,1H3,(H,22,26). The fraction of sp³-hybridized carbons (Fsp3) is 0.368. The Morgan fingerprint density at radius 1 is 1.26 bits per heavy atom. The SMILES string of the molecule is Cc1ccnc2nc(C(=O)NCC3(c4ccc(F)cc4)CCOCC3)nn12. The Morgan fingerprint density at radius 2 is 2.00 bits per heavy atom. The quantitative estimate of drug-likeness (QED) is 0.761. The summed E-state index contributed by atoms with van der Waals surface area (Å²) in [7, 11) is 0. The summed E-state index contributed by atoms with van der Waals surface area (Å²) < 4.78 is 20.4. The van der Waals surface area contributed by atoms with Gasteiger partial charge in [0.25, 0.3) is 11.7 Å². The van der Waals surface area contributed by atoms with E-state index in [1.54, 1.807) is 28.9 Å². The molecule has 0 spiro atoms. The first-order valence-electron chi connectivity index (χ1n) is 8.88. The van der Waals surface area contributed by atoms with Crippen LogP contribution in [0, 0.1) is 12.7 Å². The fourth-order valence-corrected chi connectivity index (χ4v) is 3.46. The number of carbonyl (C=O) groups excluding carboxylic acids is 1. The lowest BCUT2D eigenvalue weighted by Gasteiger charge is -2.37. The maximum absolute atomic E-state index is 13.3. The van der Waals surface area contributed by atoms with Crippen molar-refractivity contribution in [1.82, 2.24) is 24.9 Å². The molecule has 3 heterocycles. The molecular weight excluding hydrogens is 349 g/mol. The van der Waals surface area contributed by atoms with E-state index in [9.17, 15) is 9.18 Å². The molecule has 2 aromatic heterocycles. The lowest BCUT2D eigenvalue weighted by molar-refractivity contribution is 0.0486. The molecule has 0 unspecified atom stereocenters. The Hall–Kier alpha value is -2.87. The van der Waals surface area contributed by atoms with E-state index >= 15 is 0 Å². The predicted octanol–water partition coefficient (Wildman–Crippen LogP) is 2.05. The number of nitrogens with zero attached hydrogens (tertiary/aromatic N) is 4. The van der Waals surface area contributed by atoms with E-state index in [-0.39, 0.29) is 23.0 Å². The molecule has 0 aliphatic carbocycles. The largest absolute Gasteiger partial charge is 0.381 e. The van der Waals surface area contributed by atoms with Gasteiger partial charge in [-0.1, -0.05) is 12.1 Å². The van der Waals surface area contributed by atoms with Crippen molar-refractivity contribution < 1.29 is 13.9 Å². The van der Waals surface area contributed by atoms with Gasteiger partial charge in [0.2, 0.25) is 5.82 Å². The molecule has 1 amide bonds. The average molecular weight is 369 g/mol.